The first-order valence-electron chi connectivity index (χ1n) is 9.06. The highest BCUT2D eigenvalue weighted by molar-refractivity contribution is 9.10. The Kier molecular flexibility index (Phi) is 6.98. The van der Waals surface area contributed by atoms with Gasteiger partial charge in [-0.15, -0.1) is 0 Å². The van der Waals surface area contributed by atoms with Crippen molar-refractivity contribution in [2.75, 3.05) is 38.9 Å². The van der Waals surface area contributed by atoms with Crippen LogP contribution in [0.1, 0.15) is 0 Å². The van der Waals surface area contributed by atoms with E-state index in [0.717, 1.165) is 4.31 Å². The second kappa shape index (κ2) is 9.50. The van der Waals surface area contributed by atoms with Crippen molar-refractivity contribution in [3.63, 3.8) is 0 Å². The zero-order chi connectivity index (χ0) is 22.6. The molecule has 31 heavy (non-hydrogen) atoms. The molecule has 1 aromatic heterocycles. The normalized spacial score (nSPS) is 11.3. The molecule has 0 aliphatic rings. The quantitative estimate of drug-likeness (QED) is 0.471. The van der Waals surface area contributed by atoms with Gasteiger partial charge in [0.1, 0.15) is 22.2 Å². The van der Waals surface area contributed by atoms with Crippen molar-refractivity contribution in [3.05, 3.63) is 53.1 Å². The molecular formula is C20H22BrN5O4S. The van der Waals surface area contributed by atoms with Crippen LogP contribution < -0.4 is 20.1 Å². The van der Waals surface area contributed by atoms with E-state index in [4.69, 9.17) is 9.47 Å². The first-order chi connectivity index (χ1) is 14.8. The van der Waals surface area contributed by atoms with Gasteiger partial charge in [0.25, 0.3) is 0 Å². The van der Waals surface area contributed by atoms with E-state index in [1.54, 1.807) is 56.8 Å². The molecular weight excluding hydrogens is 486 g/mol. The Hall–Kier alpha value is -2.89. The maximum absolute atomic E-state index is 12.7. The molecule has 0 saturated carbocycles. The molecule has 11 heteroatoms. The van der Waals surface area contributed by atoms with Crippen molar-refractivity contribution in [1.29, 1.82) is 0 Å². The Bertz CT molecular complexity index is 1190. The Morgan fingerprint density at radius 2 is 1.74 bits per heavy atom. The number of nitrogens with zero attached hydrogens (tertiary/aromatic N) is 3. The molecule has 9 nitrogen and oxygen atoms in total. The van der Waals surface area contributed by atoms with E-state index in [0.29, 0.717) is 33.2 Å². The molecule has 0 radical (unpaired) electrons. The number of benzene rings is 2. The molecule has 0 spiro atoms. The van der Waals surface area contributed by atoms with E-state index in [1.807, 2.05) is 0 Å². The third kappa shape index (κ3) is 5.06. The van der Waals surface area contributed by atoms with Gasteiger partial charge >= 0.3 is 0 Å². The summed E-state index contributed by atoms with van der Waals surface area (Å²) in [6.45, 7) is 0. The van der Waals surface area contributed by atoms with E-state index in [1.165, 1.54) is 20.2 Å². The number of nitrogens with one attached hydrogen (secondary N) is 2. The van der Waals surface area contributed by atoms with Gasteiger partial charge in [0.2, 0.25) is 16.0 Å². The second-order valence-electron chi connectivity index (χ2n) is 6.49. The van der Waals surface area contributed by atoms with E-state index >= 15 is 0 Å². The lowest BCUT2D eigenvalue weighted by molar-refractivity contribution is 0.405. The fraction of sp³-hybridized carbons (Fsp3) is 0.200. The monoisotopic (exact) mass is 507 g/mol. The van der Waals surface area contributed by atoms with Crippen LogP contribution in [0.4, 0.5) is 23.1 Å². The number of hydrogen-bond acceptors (Lipinski definition) is 8. The molecule has 3 rings (SSSR count). The van der Waals surface area contributed by atoms with Crippen molar-refractivity contribution in [3.8, 4) is 11.5 Å². The fourth-order valence-electron chi connectivity index (χ4n) is 2.67. The number of methoxy groups -OCH3 is 2. The summed E-state index contributed by atoms with van der Waals surface area (Å²) >= 11 is 3.41. The van der Waals surface area contributed by atoms with Gasteiger partial charge in [-0.2, -0.15) is 4.98 Å². The standard InChI is InChI=1S/C20H22BrN5O4S/c1-26(2)31(27,28)18-8-6-5-7-15(18)23-19-14(21)12-22-20(25-19)24-16-11-13(29-3)9-10-17(16)30-4/h5-12H,1-4H3,(H2,22,23,24,25). The lowest BCUT2D eigenvalue weighted by Gasteiger charge is -2.17. The van der Waals surface area contributed by atoms with Crippen LogP contribution in [0.25, 0.3) is 0 Å². The zero-order valence-corrected chi connectivity index (χ0v) is 19.8. The predicted octanol–water partition coefficient (Wildman–Crippen LogP) is 3.99. The van der Waals surface area contributed by atoms with E-state index in [2.05, 4.69) is 36.5 Å². The van der Waals surface area contributed by atoms with Gasteiger partial charge in [-0.25, -0.2) is 17.7 Å². The molecule has 0 bridgehead atoms. The van der Waals surface area contributed by atoms with Gasteiger partial charge in [0, 0.05) is 26.4 Å². The smallest absolute Gasteiger partial charge is 0.244 e. The van der Waals surface area contributed by atoms with Gasteiger partial charge in [0.15, 0.2) is 0 Å². The molecule has 0 atom stereocenters. The molecule has 0 unspecified atom stereocenters. The number of rotatable bonds is 8. The minimum absolute atomic E-state index is 0.134. The SMILES string of the molecule is COc1ccc(OC)c(Nc2ncc(Br)c(Nc3ccccc3S(=O)(=O)N(C)C)n2)c1. The van der Waals surface area contributed by atoms with Crippen molar-refractivity contribution >= 4 is 49.1 Å². The molecule has 0 aliphatic heterocycles. The zero-order valence-electron chi connectivity index (χ0n) is 17.4. The number of hydrogen-bond donors (Lipinski definition) is 2. The number of halogens is 1. The van der Waals surface area contributed by atoms with Crippen LogP contribution >= 0.6 is 15.9 Å². The number of para-hydroxylation sites is 1. The van der Waals surface area contributed by atoms with Crippen molar-refractivity contribution < 1.29 is 17.9 Å². The fourth-order valence-corrected chi connectivity index (χ4v) is 4.00. The molecule has 0 saturated heterocycles. The molecule has 164 valence electrons. The van der Waals surface area contributed by atoms with E-state index in [9.17, 15) is 8.42 Å². The van der Waals surface area contributed by atoms with E-state index in [-0.39, 0.29) is 10.8 Å². The molecule has 2 N–H and O–H groups in total. The lowest BCUT2D eigenvalue weighted by atomic mass is 10.2. The first-order valence-corrected chi connectivity index (χ1v) is 11.3. The van der Waals surface area contributed by atoms with Crippen molar-refractivity contribution in [2.45, 2.75) is 4.90 Å². The van der Waals surface area contributed by atoms with Gasteiger partial charge in [-0.05, 0) is 40.2 Å². The number of sulfonamides is 1. The number of ether oxygens (including phenoxy) is 2. The molecule has 3 aromatic rings. The topological polar surface area (TPSA) is 106 Å². The van der Waals surface area contributed by atoms with E-state index < -0.39 is 10.0 Å². The summed E-state index contributed by atoms with van der Waals surface area (Å²) in [5.74, 6) is 1.90. The van der Waals surface area contributed by atoms with Gasteiger partial charge < -0.3 is 20.1 Å². The minimum Gasteiger partial charge on any atom is -0.497 e. The Morgan fingerprint density at radius 1 is 1.00 bits per heavy atom. The summed E-state index contributed by atoms with van der Waals surface area (Å²) in [5.41, 5.74) is 1.01. The van der Waals surface area contributed by atoms with Crippen molar-refractivity contribution in [1.82, 2.24) is 14.3 Å². The molecule has 0 amide bonds. The molecule has 1 heterocycles. The largest absolute Gasteiger partial charge is 0.497 e. The summed E-state index contributed by atoms with van der Waals surface area (Å²) < 4.78 is 37.7. The summed E-state index contributed by atoms with van der Waals surface area (Å²) in [4.78, 5) is 8.88. The predicted molar refractivity (Wildman–Crippen MR) is 123 cm³/mol. The van der Waals surface area contributed by atoms with Gasteiger partial charge in [-0.1, -0.05) is 12.1 Å². The average molecular weight is 508 g/mol. The summed E-state index contributed by atoms with van der Waals surface area (Å²) in [7, 11) is 2.45. The van der Waals surface area contributed by atoms with Crippen molar-refractivity contribution in [2.24, 2.45) is 0 Å². The highest BCUT2D eigenvalue weighted by atomic mass is 79.9. The van der Waals surface area contributed by atoms with Gasteiger partial charge in [0.05, 0.1) is 30.1 Å². The minimum atomic E-state index is -3.65. The first kappa shape index (κ1) is 22.8. The summed E-state index contributed by atoms with van der Waals surface area (Å²) in [6, 6.07) is 11.9. The molecule has 0 fully saturated rings. The van der Waals surface area contributed by atoms with Crippen LogP contribution in [-0.2, 0) is 10.0 Å². The maximum Gasteiger partial charge on any atom is 0.244 e. The molecule has 2 aromatic carbocycles. The highest BCUT2D eigenvalue weighted by Gasteiger charge is 2.21. The van der Waals surface area contributed by atoms with Gasteiger partial charge in [-0.3, -0.25) is 0 Å². The van der Waals surface area contributed by atoms with Crippen LogP contribution in [0.2, 0.25) is 0 Å². The Morgan fingerprint density at radius 3 is 2.42 bits per heavy atom. The third-order valence-corrected chi connectivity index (χ3v) is 6.75. The van der Waals surface area contributed by atoms with Crippen LogP contribution in [-0.4, -0.2) is 51.0 Å². The Balaban J connectivity index is 1.96. The van der Waals surface area contributed by atoms with Crippen LogP contribution in [0.15, 0.2) is 58.0 Å². The third-order valence-electron chi connectivity index (χ3n) is 4.30. The number of anilines is 4. The summed E-state index contributed by atoms with van der Waals surface area (Å²) in [5, 5.41) is 6.18. The maximum atomic E-state index is 12.7. The summed E-state index contributed by atoms with van der Waals surface area (Å²) in [6.07, 6.45) is 1.56. The highest BCUT2D eigenvalue weighted by Crippen LogP contribution is 2.33. The average Bonchev–Trinajstić information content (AvgIpc) is 2.76. The molecule has 0 aliphatic carbocycles. The lowest BCUT2D eigenvalue weighted by Crippen LogP contribution is -2.23. The second-order valence-corrected chi connectivity index (χ2v) is 9.46. The number of aromatic nitrogens is 2. The van der Waals surface area contributed by atoms with Crippen LogP contribution in [0.3, 0.4) is 0 Å². The Labute approximate surface area is 189 Å². The van der Waals surface area contributed by atoms with Crippen LogP contribution in [0.5, 0.6) is 11.5 Å². The van der Waals surface area contributed by atoms with Crippen LogP contribution in [0, 0.1) is 0 Å².